The van der Waals surface area contributed by atoms with Crippen molar-refractivity contribution in [1.29, 1.82) is 0 Å². The second-order valence-corrected chi connectivity index (χ2v) is 6.34. The van der Waals surface area contributed by atoms with Crippen LogP contribution < -0.4 is 5.73 Å². The van der Waals surface area contributed by atoms with E-state index in [1.807, 2.05) is 0 Å². The Hall–Kier alpha value is -0.620. The smallest absolute Gasteiger partial charge is 0.244 e. The van der Waals surface area contributed by atoms with Crippen molar-refractivity contribution in [2.75, 3.05) is 13.6 Å². The van der Waals surface area contributed by atoms with E-state index in [-0.39, 0.29) is 22.5 Å². The van der Waals surface area contributed by atoms with Gasteiger partial charge in [-0.3, -0.25) is 0 Å². The lowest BCUT2D eigenvalue weighted by Crippen LogP contribution is -2.39. The Balaban J connectivity index is 3.27. The summed E-state index contributed by atoms with van der Waals surface area (Å²) in [4.78, 5) is 0.127. The van der Waals surface area contributed by atoms with Crippen LogP contribution >= 0.6 is 11.6 Å². The summed E-state index contributed by atoms with van der Waals surface area (Å²) in [6, 6.07) is 4.68. The van der Waals surface area contributed by atoms with Gasteiger partial charge in [-0.05, 0) is 25.5 Å². The number of halogens is 1. The fourth-order valence-corrected chi connectivity index (χ4v) is 3.29. The Kier molecular flexibility index (Phi) is 4.55. The largest absolute Gasteiger partial charge is 0.329 e. The van der Waals surface area contributed by atoms with Crippen LogP contribution in [0, 0.1) is 6.92 Å². The molecule has 0 heterocycles. The molecule has 0 aromatic heterocycles. The maximum Gasteiger partial charge on any atom is 0.244 e. The number of nitrogens with two attached hydrogens (primary N) is 1. The van der Waals surface area contributed by atoms with E-state index in [1.165, 1.54) is 17.4 Å². The zero-order valence-corrected chi connectivity index (χ0v) is 11.7. The van der Waals surface area contributed by atoms with Gasteiger partial charge in [-0.2, -0.15) is 4.31 Å². The van der Waals surface area contributed by atoms with E-state index >= 15 is 0 Å². The van der Waals surface area contributed by atoms with Gasteiger partial charge in [0.05, 0.1) is 5.02 Å². The molecule has 1 atom stereocenters. The van der Waals surface area contributed by atoms with Gasteiger partial charge in [0.15, 0.2) is 0 Å². The lowest BCUT2D eigenvalue weighted by molar-refractivity contribution is 0.394. The molecule has 1 aromatic rings. The summed E-state index contributed by atoms with van der Waals surface area (Å²) in [7, 11) is -2.08. The molecule has 0 spiro atoms. The Bertz CT molecular complexity index is 502. The molecule has 0 aliphatic heterocycles. The highest BCUT2D eigenvalue weighted by atomic mass is 35.5. The van der Waals surface area contributed by atoms with Crippen LogP contribution in [0.2, 0.25) is 5.02 Å². The number of benzene rings is 1. The lowest BCUT2D eigenvalue weighted by atomic mass is 10.2. The zero-order valence-electron chi connectivity index (χ0n) is 10.1. The summed E-state index contributed by atoms with van der Waals surface area (Å²) in [5.74, 6) is 0. The second-order valence-electron chi connectivity index (χ2n) is 3.99. The molecular formula is C11H17ClN2O2S. The van der Waals surface area contributed by atoms with Crippen molar-refractivity contribution in [3.05, 3.63) is 28.8 Å². The van der Waals surface area contributed by atoms with Gasteiger partial charge in [-0.15, -0.1) is 0 Å². The highest BCUT2D eigenvalue weighted by molar-refractivity contribution is 7.89. The van der Waals surface area contributed by atoms with Crippen LogP contribution in [-0.2, 0) is 10.0 Å². The highest BCUT2D eigenvalue weighted by Gasteiger charge is 2.27. The average Bonchev–Trinajstić information content (AvgIpc) is 2.30. The second kappa shape index (κ2) is 5.35. The maximum absolute atomic E-state index is 12.3. The Morgan fingerprint density at radius 3 is 2.59 bits per heavy atom. The van der Waals surface area contributed by atoms with Crippen LogP contribution in [0.5, 0.6) is 0 Å². The molecule has 4 nitrogen and oxygen atoms in total. The van der Waals surface area contributed by atoms with Crippen molar-refractivity contribution < 1.29 is 8.42 Å². The molecule has 1 unspecified atom stereocenters. The number of nitrogens with zero attached hydrogens (tertiary/aromatic N) is 1. The fourth-order valence-electron chi connectivity index (χ4n) is 1.36. The van der Waals surface area contributed by atoms with E-state index in [4.69, 9.17) is 17.3 Å². The average molecular weight is 277 g/mol. The third kappa shape index (κ3) is 2.80. The summed E-state index contributed by atoms with van der Waals surface area (Å²) in [5.41, 5.74) is 6.21. The summed E-state index contributed by atoms with van der Waals surface area (Å²) in [6.45, 7) is 3.79. The molecule has 1 aromatic carbocycles. The topological polar surface area (TPSA) is 63.4 Å². The van der Waals surface area contributed by atoms with Crippen LogP contribution in [-0.4, -0.2) is 32.4 Å². The quantitative estimate of drug-likeness (QED) is 0.909. The summed E-state index contributed by atoms with van der Waals surface area (Å²) in [6.07, 6.45) is 0. The van der Waals surface area contributed by atoms with Crippen LogP contribution in [0.3, 0.4) is 0 Å². The van der Waals surface area contributed by atoms with E-state index in [0.29, 0.717) is 0 Å². The first kappa shape index (κ1) is 14.4. The van der Waals surface area contributed by atoms with Crippen LogP contribution in [0.1, 0.15) is 12.5 Å². The zero-order chi connectivity index (χ0) is 13.2. The van der Waals surface area contributed by atoms with E-state index in [1.54, 1.807) is 26.0 Å². The SMILES string of the molecule is Cc1cccc(S(=O)(=O)N(C)C(C)CN)c1Cl. The normalized spacial score (nSPS) is 14.0. The number of hydrogen-bond donors (Lipinski definition) is 1. The minimum atomic E-state index is -3.58. The van der Waals surface area contributed by atoms with Gasteiger partial charge in [-0.1, -0.05) is 23.7 Å². The first-order chi connectivity index (χ1) is 7.82. The molecule has 0 saturated heterocycles. The van der Waals surface area contributed by atoms with E-state index in [0.717, 1.165) is 5.56 Å². The molecule has 96 valence electrons. The van der Waals surface area contributed by atoms with Gasteiger partial charge < -0.3 is 5.73 Å². The molecule has 0 aliphatic carbocycles. The van der Waals surface area contributed by atoms with Gasteiger partial charge >= 0.3 is 0 Å². The minimum absolute atomic E-state index is 0.127. The van der Waals surface area contributed by atoms with Crippen LogP contribution in [0.25, 0.3) is 0 Å². The van der Waals surface area contributed by atoms with Crippen molar-refractivity contribution >= 4 is 21.6 Å². The van der Waals surface area contributed by atoms with Crippen molar-refractivity contribution in [2.24, 2.45) is 5.73 Å². The maximum atomic E-state index is 12.3. The number of aryl methyl sites for hydroxylation is 1. The molecule has 6 heteroatoms. The summed E-state index contributed by atoms with van der Waals surface area (Å²) >= 11 is 6.03. The van der Waals surface area contributed by atoms with Crippen molar-refractivity contribution in [2.45, 2.75) is 24.8 Å². The molecule has 0 bridgehead atoms. The van der Waals surface area contributed by atoms with E-state index in [9.17, 15) is 8.42 Å². The van der Waals surface area contributed by atoms with Gasteiger partial charge in [0.2, 0.25) is 10.0 Å². The molecular weight excluding hydrogens is 260 g/mol. The molecule has 0 saturated carbocycles. The Morgan fingerprint density at radius 2 is 2.06 bits per heavy atom. The van der Waals surface area contributed by atoms with Crippen molar-refractivity contribution in [3.8, 4) is 0 Å². The molecule has 2 N–H and O–H groups in total. The van der Waals surface area contributed by atoms with E-state index < -0.39 is 10.0 Å². The fraction of sp³-hybridized carbons (Fsp3) is 0.455. The van der Waals surface area contributed by atoms with E-state index in [2.05, 4.69) is 0 Å². The van der Waals surface area contributed by atoms with Crippen molar-refractivity contribution in [1.82, 2.24) is 4.31 Å². The van der Waals surface area contributed by atoms with Crippen LogP contribution in [0.4, 0.5) is 0 Å². The molecule has 0 aliphatic rings. The Morgan fingerprint density at radius 1 is 1.47 bits per heavy atom. The van der Waals surface area contributed by atoms with Crippen LogP contribution in [0.15, 0.2) is 23.1 Å². The third-order valence-electron chi connectivity index (χ3n) is 2.78. The number of sulfonamides is 1. The Labute approximate surface area is 107 Å². The summed E-state index contributed by atoms with van der Waals surface area (Å²) < 4.78 is 25.8. The molecule has 0 fully saturated rings. The van der Waals surface area contributed by atoms with Gasteiger partial charge in [0.1, 0.15) is 4.90 Å². The molecule has 1 rings (SSSR count). The molecule has 0 amide bonds. The molecule has 17 heavy (non-hydrogen) atoms. The predicted molar refractivity (Wildman–Crippen MR) is 69.7 cm³/mol. The van der Waals surface area contributed by atoms with Gasteiger partial charge in [-0.25, -0.2) is 8.42 Å². The highest BCUT2D eigenvalue weighted by Crippen LogP contribution is 2.27. The first-order valence-corrected chi connectivity index (χ1v) is 7.07. The monoisotopic (exact) mass is 276 g/mol. The number of rotatable bonds is 4. The minimum Gasteiger partial charge on any atom is -0.329 e. The first-order valence-electron chi connectivity index (χ1n) is 5.25. The van der Waals surface area contributed by atoms with Gasteiger partial charge in [0.25, 0.3) is 0 Å². The van der Waals surface area contributed by atoms with Gasteiger partial charge in [0, 0.05) is 19.6 Å². The standard InChI is InChI=1S/C11H17ClN2O2S/c1-8-5-4-6-10(11(8)12)17(15,16)14(3)9(2)7-13/h4-6,9H,7,13H2,1-3H3. The third-order valence-corrected chi connectivity index (χ3v) is 5.40. The molecule has 0 radical (unpaired) electrons. The van der Waals surface area contributed by atoms with Crippen molar-refractivity contribution in [3.63, 3.8) is 0 Å². The predicted octanol–water partition coefficient (Wildman–Crippen LogP) is 1.62. The summed E-state index contributed by atoms with van der Waals surface area (Å²) in [5, 5.41) is 0.267. The number of likely N-dealkylation sites (N-methyl/N-ethyl adjacent to an activating group) is 1. The number of hydrogen-bond acceptors (Lipinski definition) is 3. The lowest BCUT2D eigenvalue weighted by Gasteiger charge is -2.23.